The largest absolute Gasteiger partial charge is 0.422 e. The second-order valence-electron chi connectivity index (χ2n) is 10.9. The zero-order valence-electron chi connectivity index (χ0n) is 22.2. The van der Waals surface area contributed by atoms with Crippen LogP contribution in [0.15, 0.2) is 58.1 Å². The van der Waals surface area contributed by atoms with Crippen molar-refractivity contribution in [3.05, 3.63) is 91.9 Å². The van der Waals surface area contributed by atoms with Crippen molar-refractivity contribution in [1.29, 1.82) is 0 Å². The molecule has 10 heteroatoms. The average molecular weight is 521 g/mol. The second kappa shape index (κ2) is 9.75. The minimum Gasteiger partial charge on any atom is -0.422 e. The maximum Gasteiger partial charge on any atom is 0.365 e. The van der Waals surface area contributed by atoms with Crippen LogP contribution < -0.4 is 16.1 Å². The summed E-state index contributed by atoms with van der Waals surface area (Å²) in [5.74, 6) is 0.0136. The van der Waals surface area contributed by atoms with E-state index < -0.39 is 17.1 Å². The molecule has 0 amide bonds. The maximum atomic E-state index is 14.6. The summed E-state index contributed by atoms with van der Waals surface area (Å²) in [7, 11) is 1.30. The molecule has 1 fully saturated rings. The van der Waals surface area contributed by atoms with E-state index in [-0.39, 0.29) is 23.1 Å². The number of halogens is 1. The van der Waals surface area contributed by atoms with Crippen molar-refractivity contribution in [3.63, 3.8) is 0 Å². The van der Waals surface area contributed by atoms with Crippen LogP contribution in [0.4, 0.5) is 10.3 Å². The standard InChI is InChI=1S/C28H33FN6O3/c1-28(2,3)21-11-9-19(10-12-21)17-32-13-15-33(16-14-32)26-30-24-23(25(36)31(4)27(37)35(24)38)34(26)18-20-7-5-6-8-22(20)29/h5-12,38H,13-18H2,1-4H3. The Hall–Kier alpha value is -3.92. The number of anilines is 1. The van der Waals surface area contributed by atoms with Gasteiger partial charge in [0.05, 0.1) is 6.54 Å². The van der Waals surface area contributed by atoms with Gasteiger partial charge < -0.3 is 10.1 Å². The maximum absolute atomic E-state index is 14.6. The third-order valence-corrected chi connectivity index (χ3v) is 7.27. The van der Waals surface area contributed by atoms with Crippen molar-refractivity contribution in [1.82, 2.24) is 23.7 Å². The van der Waals surface area contributed by atoms with Crippen molar-refractivity contribution < 1.29 is 9.60 Å². The minimum atomic E-state index is -0.883. The summed E-state index contributed by atoms with van der Waals surface area (Å²) in [6.07, 6.45) is 0. The summed E-state index contributed by atoms with van der Waals surface area (Å²) < 4.78 is 17.4. The smallest absolute Gasteiger partial charge is 0.365 e. The summed E-state index contributed by atoms with van der Waals surface area (Å²) in [4.78, 5) is 34.3. The second-order valence-corrected chi connectivity index (χ2v) is 10.9. The van der Waals surface area contributed by atoms with E-state index in [4.69, 9.17) is 0 Å². The van der Waals surface area contributed by atoms with Gasteiger partial charge in [0.1, 0.15) is 5.82 Å². The summed E-state index contributed by atoms with van der Waals surface area (Å²) in [6, 6.07) is 15.1. The van der Waals surface area contributed by atoms with Crippen LogP contribution >= 0.6 is 0 Å². The molecule has 1 N–H and O–H groups in total. The van der Waals surface area contributed by atoms with Crippen LogP contribution in [0, 0.1) is 5.82 Å². The Kier molecular flexibility index (Phi) is 6.60. The first kappa shape index (κ1) is 25.7. The molecule has 0 spiro atoms. The molecule has 1 aliphatic heterocycles. The highest BCUT2D eigenvalue weighted by atomic mass is 19.1. The van der Waals surface area contributed by atoms with Crippen LogP contribution in [0.3, 0.4) is 0 Å². The predicted molar refractivity (Wildman–Crippen MR) is 145 cm³/mol. The van der Waals surface area contributed by atoms with Crippen molar-refractivity contribution in [2.24, 2.45) is 7.05 Å². The molecule has 5 rings (SSSR count). The van der Waals surface area contributed by atoms with E-state index in [2.05, 4.69) is 54.9 Å². The first-order valence-electron chi connectivity index (χ1n) is 12.8. The SMILES string of the molecule is Cn1c(=O)c2c(nc(N3CCN(Cc4ccc(C(C)(C)C)cc4)CC3)n2Cc2ccccc2F)n(O)c1=O. The van der Waals surface area contributed by atoms with Gasteiger partial charge in [0.15, 0.2) is 5.52 Å². The zero-order chi connectivity index (χ0) is 27.2. The highest BCUT2D eigenvalue weighted by molar-refractivity contribution is 5.74. The van der Waals surface area contributed by atoms with Crippen molar-refractivity contribution in [2.45, 2.75) is 39.3 Å². The van der Waals surface area contributed by atoms with Gasteiger partial charge >= 0.3 is 5.69 Å². The Morgan fingerprint density at radius 3 is 2.24 bits per heavy atom. The number of hydrogen-bond acceptors (Lipinski definition) is 6. The molecule has 0 saturated carbocycles. The number of aromatic nitrogens is 4. The zero-order valence-corrected chi connectivity index (χ0v) is 22.2. The first-order valence-corrected chi connectivity index (χ1v) is 12.8. The summed E-state index contributed by atoms with van der Waals surface area (Å²) in [5, 5.41) is 10.5. The van der Waals surface area contributed by atoms with Gasteiger partial charge in [-0.05, 0) is 22.6 Å². The molecular formula is C28H33FN6O3. The summed E-state index contributed by atoms with van der Waals surface area (Å²) in [6.45, 7) is 10.2. The van der Waals surface area contributed by atoms with Crippen LogP contribution in [0.25, 0.3) is 11.2 Å². The minimum absolute atomic E-state index is 0.0340. The van der Waals surface area contributed by atoms with E-state index >= 15 is 0 Å². The Labute approximate surface area is 219 Å². The van der Waals surface area contributed by atoms with Crippen LogP contribution in [-0.2, 0) is 25.6 Å². The number of piperazine rings is 1. The topological polar surface area (TPSA) is 88.5 Å². The quantitative estimate of drug-likeness (QED) is 0.407. The fraction of sp³-hybridized carbons (Fsp3) is 0.393. The van der Waals surface area contributed by atoms with E-state index in [9.17, 15) is 19.2 Å². The average Bonchev–Trinajstić information content (AvgIpc) is 3.27. The lowest BCUT2D eigenvalue weighted by Crippen LogP contribution is -2.47. The van der Waals surface area contributed by atoms with Crippen molar-refractivity contribution in [2.75, 3.05) is 31.1 Å². The van der Waals surface area contributed by atoms with E-state index in [0.29, 0.717) is 29.3 Å². The number of hydrogen-bond donors (Lipinski definition) is 1. The van der Waals surface area contributed by atoms with Crippen molar-refractivity contribution >= 4 is 17.1 Å². The molecule has 2 aromatic heterocycles. The van der Waals surface area contributed by atoms with Gasteiger partial charge in [-0.15, -0.1) is 4.73 Å². The Bertz CT molecular complexity index is 1590. The number of imidazole rings is 1. The monoisotopic (exact) mass is 520 g/mol. The van der Waals surface area contributed by atoms with Crippen molar-refractivity contribution in [3.8, 4) is 0 Å². The van der Waals surface area contributed by atoms with E-state index in [0.717, 1.165) is 24.2 Å². The van der Waals surface area contributed by atoms with Crippen LogP contribution in [-0.4, -0.2) is 55.1 Å². The van der Waals surface area contributed by atoms with Gasteiger partial charge in [-0.2, -0.15) is 4.98 Å². The Balaban J connectivity index is 1.43. The number of nitrogens with zero attached hydrogens (tertiary/aromatic N) is 6. The molecule has 3 heterocycles. The molecule has 0 unspecified atom stereocenters. The Morgan fingerprint density at radius 2 is 1.61 bits per heavy atom. The van der Waals surface area contributed by atoms with E-state index in [1.54, 1.807) is 22.8 Å². The van der Waals surface area contributed by atoms with Gasteiger partial charge in [0.25, 0.3) is 5.56 Å². The lowest BCUT2D eigenvalue weighted by molar-refractivity contribution is 0.177. The number of benzene rings is 2. The fourth-order valence-corrected chi connectivity index (χ4v) is 4.93. The molecule has 0 radical (unpaired) electrons. The molecule has 1 saturated heterocycles. The molecule has 0 aliphatic carbocycles. The molecule has 2 aromatic carbocycles. The fourth-order valence-electron chi connectivity index (χ4n) is 4.93. The third kappa shape index (κ3) is 4.71. The van der Waals surface area contributed by atoms with Gasteiger partial charge in [0, 0.05) is 45.3 Å². The Morgan fingerprint density at radius 1 is 0.947 bits per heavy atom. The van der Waals surface area contributed by atoms with Gasteiger partial charge in [-0.25, -0.2) is 9.18 Å². The first-order chi connectivity index (χ1) is 18.0. The number of rotatable bonds is 5. The molecule has 4 aromatic rings. The predicted octanol–water partition coefficient (Wildman–Crippen LogP) is 2.94. The van der Waals surface area contributed by atoms with Crippen LogP contribution in [0.1, 0.15) is 37.5 Å². The molecule has 0 atom stereocenters. The molecule has 0 bridgehead atoms. The molecular weight excluding hydrogens is 487 g/mol. The summed E-state index contributed by atoms with van der Waals surface area (Å²) in [5.41, 5.74) is 1.47. The third-order valence-electron chi connectivity index (χ3n) is 7.27. The number of fused-ring (bicyclic) bond motifs is 1. The molecule has 1 aliphatic rings. The van der Waals surface area contributed by atoms with Crippen LogP contribution in [0.2, 0.25) is 0 Å². The van der Waals surface area contributed by atoms with Crippen LogP contribution in [0.5, 0.6) is 0 Å². The molecule has 38 heavy (non-hydrogen) atoms. The molecule has 200 valence electrons. The molecule has 9 nitrogen and oxygen atoms in total. The normalized spacial score (nSPS) is 14.9. The highest BCUT2D eigenvalue weighted by Crippen LogP contribution is 2.25. The van der Waals surface area contributed by atoms with Gasteiger partial charge in [-0.3, -0.25) is 18.8 Å². The highest BCUT2D eigenvalue weighted by Gasteiger charge is 2.27. The van der Waals surface area contributed by atoms with E-state index in [1.165, 1.54) is 24.2 Å². The van der Waals surface area contributed by atoms with Gasteiger partial charge in [0.2, 0.25) is 11.6 Å². The lowest BCUT2D eigenvalue weighted by Gasteiger charge is -2.35. The van der Waals surface area contributed by atoms with E-state index in [1.807, 2.05) is 4.90 Å². The van der Waals surface area contributed by atoms with Gasteiger partial charge in [-0.1, -0.05) is 63.2 Å². The summed E-state index contributed by atoms with van der Waals surface area (Å²) >= 11 is 0. The lowest BCUT2D eigenvalue weighted by atomic mass is 9.87.